The zero-order chi connectivity index (χ0) is 13.5. The molecule has 0 aromatic heterocycles. The zero-order valence-corrected chi connectivity index (χ0v) is 10.7. The smallest absolute Gasteiger partial charge is 0.261 e. The molecule has 3 N–H and O–H groups in total. The summed E-state index contributed by atoms with van der Waals surface area (Å²) < 4.78 is 28.3. The Morgan fingerprint density at radius 2 is 2.22 bits per heavy atom. The fourth-order valence-electron chi connectivity index (χ4n) is 2.27. The van der Waals surface area contributed by atoms with Gasteiger partial charge in [0.1, 0.15) is 6.61 Å². The molecule has 1 aliphatic carbocycles. The summed E-state index contributed by atoms with van der Waals surface area (Å²) in [5.41, 5.74) is 5.85. The van der Waals surface area contributed by atoms with Gasteiger partial charge in [-0.1, -0.05) is 6.92 Å². The van der Waals surface area contributed by atoms with E-state index >= 15 is 0 Å². The molecule has 0 aliphatic heterocycles. The van der Waals surface area contributed by atoms with Crippen LogP contribution in [-0.4, -0.2) is 38.1 Å². The second kappa shape index (κ2) is 7.63. The number of alkyl halides is 2. The summed E-state index contributed by atoms with van der Waals surface area (Å²) in [5.74, 6) is 0.217. The number of nitrogens with two attached hydrogens (primary N) is 1. The molecule has 4 nitrogen and oxygen atoms in total. The minimum atomic E-state index is -2.46. The third-order valence-corrected chi connectivity index (χ3v) is 3.36. The molecule has 3 atom stereocenters. The van der Waals surface area contributed by atoms with Gasteiger partial charge in [-0.05, 0) is 25.2 Å². The van der Waals surface area contributed by atoms with Crippen LogP contribution < -0.4 is 11.1 Å². The topological polar surface area (TPSA) is 64.4 Å². The molecule has 6 heteroatoms. The number of hydrogen-bond donors (Lipinski definition) is 2. The molecule has 1 aliphatic rings. The molecule has 0 saturated heterocycles. The second-order valence-electron chi connectivity index (χ2n) is 4.91. The number of carbonyl (C=O) groups is 1. The van der Waals surface area contributed by atoms with E-state index in [9.17, 15) is 13.6 Å². The van der Waals surface area contributed by atoms with E-state index in [2.05, 4.69) is 5.32 Å². The van der Waals surface area contributed by atoms with Crippen molar-refractivity contribution in [1.29, 1.82) is 0 Å². The quantitative estimate of drug-likeness (QED) is 0.707. The number of rotatable bonds is 6. The summed E-state index contributed by atoms with van der Waals surface area (Å²) in [5, 5.41) is 2.71. The lowest BCUT2D eigenvalue weighted by molar-refractivity contribution is -0.128. The minimum Gasteiger partial charge on any atom is -0.374 e. The van der Waals surface area contributed by atoms with Crippen molar-refractivity contribution >= 4 is 5.91 Å². The van der Waals surface area contributed by atoms with E-state index in [0.717, 1.165) is 12.8 Å². The number of nitrogens with one attached hydrogen (secondary N) is 1. The van der Waals surface area contributed by atoms with E-state index in [1.807, 2.05) is 6.92 Å². The highest BCUT2D eigenvalue weighted by molar-refractivity contribution is 5.79. The fourth-order valence-corrected chi connectivity index (χ4v) is 2.27. The molecule has 0 aromatic rings. The van der Waals surface area contributed by atoms with Gasteiger partial charge in [-0.2, -0.15) is 0 Å². The first-order valence-corrected chi connectivity index (χ1v) is 6.40. The number of halogens is 2. The van der Waals surface area contributed by atoms with Crippen LogP contribution in [0.1, 0.15) is 26.2 Å². The van der Waals surface area contributed by atoms with E-state index in [4.69, 9.17) is 10.5 Å². The number of carbonyl (C=O) groups excluding carboxylic acids is 1. The van der Waals surface area contributed by atoms with Gasteiger partial charge in [0, 0.05) is 18.5 Å². The highest BCUT2D eigenvalue weighted by Gasteiger charge is 2.30. The van der Waals surface area contributed by atoms with Gasteiger partial charge < -0.3 is 15.8 Å². The molecule has 0 radical (unpaired) electrons. The normalized spacial score (nSPS) is 28.4. The van der Waals surface area contributed by atoms with Crippen LogP contribution in [0.15, 0.2) is 0 Å². The molecule has 106 valence electrons. The second-order valence-corrected chi connectivity index (χ2v) is 4.91. The van der Waals surface area contributed by atoms with Crippen LogP contribution in [0.2, 0.25) is 0 Å². The standard InChI is InChI=1S/C12H22F2N2O2/c1-8-2-3-9(15)6-10(8)12(17)16-4-5-18-7-11(13)14/h8-11H,2-7,15H2,1H3,(H,16,17). The average Bonchev–Trinajstić information content (AvgIpc) is 2.31. The van der Waals surface area contributed by atoms with Crippen molar-refractivity contribution in [2.45, 2.75) is 38.7 Å². The predicted octanol–water partition coefficient (Wildman–Crippen LogP) is 1.15. The highest BCUT2D eigenvalue weighted by atomic mass is 19.3. The van der Waals surface area contributed by atoms with Crippen molar-refractivity contribution in [2.75, 3.05) is 19.8 Å². The van der Waals surface area contributed by atoms with E-state index < -0.39 is 13.0 Å². The van der Waals surface area contributed by atoms with Gasteiger partial charge in [0.2, 0.25) is 5.91 Å². The first-order chi connectivity index (χ1) is 8.50. The molecule has 1 saturated carbocycles. The Balaban J connectivity index is 2.19. The van der Waals surface area contributed by atoms with Crippen LogP contribution in [0.5, 0.6) is 0 Å². The first kappa shape index (κ1) is 15.3. The van der Waals surface area contributed by atoms with Gasteiger partial charge >= 0.3 is 0 Å². The molecule has 0 heterocycles. The Kier molecular flexibility index (Phi) is 6.49. The van der Waals surface area contributed by atoms with Gasteiger partial charge in [-0.15, -0.1) is 0 Å². The average molecular weight is 264 g/mol. The molecule has 1 rings (SSSR count). The Bertz CT molecular complexity index is 264. The van der Waals surface area contributed by atoms with E-state index in [0.29, 0.717) is 12.3 Å². The lowest BCUT2D eigenvalue weighted by Crippen LogP contribution is -2.42. The lowest BCUT2D eigenvalue weighted by atomic mass is 9.78. The van der Waals surface area contributed by atoms with E-state index in [1.165, 1.54) is 0 Å². The van der Waals surface area contributed by atoms with Crippen molar-refractivity contribution in [3.8, 4) is 0 Å². The fraction of sp³-hybridized carbons (Fsp3) is 0.917. The van der Waals surface area contributed by atoms with Crippen molar-refractivity contribution in [3.63, 3.8) is 0 Å². The summed E-state index contributed by atoms with van der Waals surface area (Å²) in [7, 11) is 0. The molecule has 1 fully saturated rings. The summed E-state index contributed by atoms with van der Waals surface area (Å²) >= 11 is 0. The van der Waals surface area contributed by atoms with Crippen LogP contribution in [0.4, 0.5) is 8.78 Å². The third kappa shape index (κ3) is 5.27. The highest BCUT2D eigenvalue weighted by Crippen LogP contribution is 2.28. The molecule has 3 unspecified atom stereocenters. The number of hydrogen-bond acceptors (Lipinski definition) is 3. The molecular weight excluding hydrogens is 242 g/mol. The van der Waals surface area contributed by atoms with Crippen LogP contribution in [-0.2, 0) is 9.53 Å². The van der Waals surface area contributed by atoms with Gasteiger partial charge in [-0.3, -0.25) is 4.79 Å². The Hall–Kier alpha value is -0.750. The number of amides is 1. The van der Waals surface area contributed by atoms with Gasteiger partial charge in [0.15, 0.2) is 0 Å². The Morgan fingerprint density at radius 1 is 1.50 bits per heavy atom. The Labute approximate surface area is 106 Å². The van der Waals surface area contributed by atoms with Crippen molar-refractivity contribution < 1.29 is 18.3 Å². The summed E-state index contributed by atoms with van der Waals surface area (Å²) in [6, 6.07) is 0.0898. The maximum atomic E-state index is 11.9. The summed E-state index contributed by atoms with van der Waals surface area (Å²) in [6.45, 7) is 1.84. The zero-order valence-electron chi connectivity index (χ0n) is 10.7. The van der Waals surface area contributed by atoms with Gasteiger partial charge in [0.05, 0.1) is 6.61 Å². The predicted molar refractivity (Wildman–Crippen MR) is 64.3 cm³/mol. The number of ether oxygens (including phenoxy) is 1. The maximum Gasteiger partial charge on any atom is 0.261 e. The van der Waals surface area contributed by atoms with E-state index in [1.54, 1.807) is 0 Å². The summed E-state index contributed by atoms with van der Waals surface area (Å²) in [4.78, 5) is 11.9. The monoisotopic (exact) mass is 264 g/mol. The SMILES string of the molecule is CC1CCC(N)CC1C(=O)NCCOCC(F)F. The molecular formula is C12H22F2N2O2. The van der Waals surface area contributed by atoms with Crippen molar-refractivity contribution in [3.05, 3.63) is 0 Å². The van der Waals surface area contributed by atoms with Crippen LogP contribution in [0.3, 0.4) is 0 Å². The maximum absolute atomic E-state index is 11.9. The van der Waals surface area contributed by atoms with Crippen LogP contribution in [0.25, 0.3) is 0 Å². The van der Waals surface area contributed by atoms with Gasteiger partial charge in [-0.25, -0.2) is 8.78 Å². The molecule has 0 aromatic carbocycles. The van der Waals surface area contributed by atoms with Crippen LogP contribution in [0, 0.1) is 11.8 Å². The minimum absolute atomic E-state index is 0.0432. The Morgan fingerprint density at radius 3 is 2.89 bits per heavy atom. The van der Waals surface area contributed by atoms with Crippen molar-refractivity contribution in [2.24, 2.45) is 17.6 Å². The van der Waals surface area contributed by atoms with Gasteiger partial charge in [0.25, 0.3) is 6.43 Å². The largest absolute Gasteiger partial charge is 0.374 e. The lowest BCUT2D eigenvalue weighted by Gasteiger charge is -2.31. The summed E-state index contributed by atoms with van der Waals surface area (Å²) in [6.07, 6.45) is 0.158. The molecule has 0 bridgehead atoms. The first-order valence-electron chi connectivity index (χ1n) is 6.40. The molecule has 18 heavy (non-hydrogen) atoms. The third-order valence-electron chi connectivity index (χ3n) is 3.36. The molecule has 1 amide bonds. The van der Waals surface area contributed by atoms with E-state index in [-0.39, 0.29) is 31.0 Å². The van der Waals surface area contributed by atoms with Crippen LogP contribution >= 0.6 is 0 Å². The van der Waals surface area contributed by atoms with Crippen molar-refractivity contribution in [1.82, 2.24) is 5.32 Å². The molecule has 0 spiro atoms.